The minimum absolute atomic E-state index is 0.213. The number of rotatable bonds is 5. The smallest absolute Gasteiger partial charge is 0.222 e. The Hall–Kier alpha value is -1.30. The van der Waals surface area contributed by atoms with E-state index >= 15 is 0 Å². The zero-order chi connectivity index (χ0) is 15.3. The second-order valence-corrected chi connectivity index (χ2v) is 6.10. The van der Waals surface area contributed by atoms with Gasteiger partial charge in [0.25, 0.3) is 0 Å². The van der Waals surface area contributed by atoms with Crippen LogP contribution in [0.4, 0.5) is 0 Å². The molecule has 0 aromatic carbocycles. The Bertz CT molecular complexity index is 393. The van der Waals surface area contributed by atoms with Gasteiger partial charge in [-0.05, 0) is 32.6 Å². The monoisotopic (exact) mass is 296 g/mol. The summed E-state index contributed by atoms with van der Waals surface area (Å²) in [4.78, 5) is 18.1. The predicted molar refractivity (Wildman–Crippen MR) is 83.2 cm³/mol. The van der Waals surface area contributed by atoms with E-state index in [1.165, 1.54) is 0 Å². The number of hydrogen-bond acceptors (Lipinski definition) is 3. The normalized spacial score (nSPS) is 24.6. The average molecular weight is 296 g/mol. The molecule has 1 saturated heterocycles. The van der Waals surface area contributed by atoms with Crippen LogP contribution in [0.1, 0.15) is 46.0 Å². The quantitative estimate of drug-likeness (QED) is 0.509. The molecule has 6 nitrogen and oxygen atoms in total. The number of aliphatic imine (C=N–C) groups is 1. The largest absolute Gasteiger partial charge is 0.388 e. The standard InChI is InChI=1S/C15H28N4O2/c1-3-13(20)19-9-6-12(10-19)18-14(16-4-2)17-11-15(21)7-5-8-15/h12,21H,3-11H2,1-2H3,(H2,16,17,18). The Morgan fingerprint density at radius 1 is 1.43 bits per heavy atom. The highest BCUT2D eigenvalue weighted by Crippen LogP contribution is 2.31. The molecular formula is C15H28N4O2. The van der Waals surface area contributed by atoms with E-state index in [1.54, 1.807) is 0 Å². The molecule has 1 amide bonds. The van der Waals surface area contributed by atoms with Crippen LogP contribution in [0.25, 0.3) is 0 Å². The van der Waals surface area contributed by atoms with Gasteiger partial charge in [-0.15, -0.1) is 0 Å². The van der Waals surface area contributed by atoms with Gasteiger partial charge in [0.1, 0.15) is 0 Å². The zero-order valence-corrected chi connectivity index (χ0v) is 13.2. The van der Waals surface area contributed by atoms with Crippen LogP contribution in [0.15, 0.2) is 4.99 Å². The molecule has 1 aliphatic heterocycles. The molecule has 1 heterocycles. The topological polar surface area (TPSA) is 77.0 Å². The molecule has 1 atom stereocenters. The Balaban J connectivity index is 1.85. The van der Waals surface area contributed by atoms with Crippen LogP contribution in [0.3, 0.4) is 0 Å². The van der Waals surface area contributed by atoms with Gasteiger partial charge in [-0.1, -0.05) is 6.92 Å². The summed E-state index contributed by atoms with van der Waals surface area (Å²) in [5, 5.41) is 16.7. The third kappa shape index (κ3) is 4.33. The summed E-state index contributed by atoms with van der Waals surface area (Å²) in [6, 6.07) is 0.245. The number of likely N-dealkylation sites (tertiary alicyclic amines) is 1. The van der Waals surface area contributed by atoms with E-state index in [-0.39, 0.29) is 11.9 Å². The van der Waals surface area contributed by atoms with E-state index in [0.717, 1.165) is 51.3 Å². The molecule has 1 saturated carbocycles. The van der Waals surface area contributed by atoms with Crippen LogP contribution in [-0.4, -0.2) is 59.7 Å². The zero-order valence-electron chi connectivity index (χ0n) is 13.2. The van der Waals surface area contributed by atoms with Crippen LogP contribution in [0, 0.1) is 0 Å². The Morgan fingerprint density at radius 2 is 2.19 bits per heavy atom. The fourth-order valence-corrected chi connectivity index (χ4v) is 2.81. The number of hydrogen-bond donors (Lipinski definition) is 3. The molecule has 0 aromatic rings. The van der Waals surface area contributed by atoms with Gasteiger partial charge in [0.15, 0.2) is 5.96 Å². The van der Waals surface area contributed by atoms with Crippen molar-refractivity contribution >= 4 is 11.9 Å². The average Bonchev–Trinajstić information content (AvgIpc) is 2.90. The van der Waals surface area contributed by atoms with Crippen LogP contribution in [0.5, 0.6) is 0 Å². The van der Waals surface area contributed by atoms with E-state index in [2.05, 4.69) is 15.6 Å². The molecule has 0 spiro atoms. The molecule has 21 heavy (non-hydrogen) atoms. The maximum Gasteiger partial charge on any atom is 0.222 e. The van der Waals surface area contributed by atoms with Crippen molar-refractivity contribution in [3.63, 3.8) is 0 Å². The predicted octanol–water partition coefficient (Wildman–Crippen LogP) is 0.467. The van der Waals surface area contributed by atoms with Crippen molar-refractivity contribution in [1.29, 1.82) is 0 Å². The van der Waals surface area contributed by atoms with Crippen molar-refractivity contribution in [3.8, 4) is 0 Å². The van der Waals surface area contributed by atoms with E-state index < -0.39 is 5.60 Å². The van der Waals surface area contributed by atoms with Gasteiger partial charge in [-0.2, -0.15) is 0 Å². The SMILES string of the molecule is CCNC(=NCC1(O)CCC1)NC1CCN(C(=O)CC)C1. The summed E-state index contributed by atoms with van der Waals surface area (Å²) in [7, 11) is 0. The molecule has 1 aliphatic carbocycles. The summed E-state index contributed by atoms with van der Waals surface area (Å²) in [6.45, 7) is 6.71. The first-order valence-corrected chi connectivity index (χ1v) is 8.11. The van der Waals surface area contributed by atoms with Gasteiger partial charge in [-0.25, -0.2) is 0 Å². The van der Waals surface area contributed by atoms with Crippen molar-refractivity contribution in [3.05, 3.63) is 0 Å². The fraction of sp³-hybridized carbons (Fsp3) is 0.867. The number of aliphatic hydroxyl groups is 1. The van der Waals surface area contributed by atoms with E-state index in [1.807, 2.05) is 18.7 Å². The number of nitrogens with zero attached hydrogens (tertiary/aromatic N) is 2. The summed E-state index contributed by atoms with van der Waals surface area (Å²) >= 11 is 0. The highest BCUT2D eigenvalue weighted by atomic mass is 16.3. The van der Waals surface area contributed by atoms with E-state index in [9.17, 15) is 9.90 Å². The molecule has 1 unspecified atom stereocenters. The van der Waals surface area contributed by atoms with Crippen molar-refractivity contribution in [1.82, 2.24) is 15.5 Å². The molecule has 2 fully saturated rings. The molecule has 2 aliphatic rings. The molecular weight excluding hydrogens is 268 g/mol. The highest BCUT2D eigenvalue weighted by molar-refractivity contribution is 5.80. The minimum Gasteiger partial charge on any atom is -0.388 e. The summed E-state index contributed by atoms with van der Waals surface area (Å²) in [6.07, 6.45) is 4.29. The lowest BCUT2D eigenvalue weighted by molar-refractivity contribution is -0.129. The lowest BCUT2D eigenvalue weighted by atomic mass is 9.80. The number of carbonyl (C=O) groups is 1. The Kier molecular flexibility index (Phi) is 5.45. The molecule has 0 aromatic heterocycles. The maximum absolute atomic E-state index is 11.7. The van der Waals surface area contributed by atoms with E-state index in [4.69, 9.17) is 0 Å². The number of guanidine groups is 1. The first-order valence-electron chi connectivity index (χ1n) is 8.11. The number of carbonyl (C=O) groups excluding carboxylic acids is 1. The fourth-order valence-electron chi connectivity index (χ4n) is 2.81. The highest BCUT2D eigenvalue weighted by Gasteiger charge is 2.34. The van der Waals surface area contributed by atoms with Crippen molar-refractivity contribution in [2.24, 2.45) is 4.99 Å². The molecule has 120 valence electrons. The van der Waals surface area contributed by atoms with Gasteiger partial charge in [-0.3, -0.25) is 9.79 Å². The van der Waals surface area contributed by atoms with E-state index in [0.29, 0.717) is 13.0 Å². The summed E-state index contributed by atoms with van der Waals surface area (Å²) in [5.74, 6) is 0.957. The lowest BCUT2D eigenvalue weighted by Gasteiger charge is -2.35. The van der Waals surface area contributed by atoms with Crippen molar-refractivity contribution < 1.29 is 9.90 Å². The molecule has 0 bridgehead atoms. The van der Waals surface area contributed by atoms with Crippen LogP contribution in [0.2, 0.25) is 0 Å². The van der Waals surface area contributed by atoms with Gasteiger partial charge < -0.3 is 20.6 Å². The lowest BCUT2D eigenvalue weighted by Crippen LogP contribution is -2.47. The van der Waals surface area contributed by atoms with Crippen LogP contribution in [-0.2, 0) is 4.79 Å². The number of nitrogens with one attached hydrogen (secondary N) is 2. The van der Waals surface area contributed by atoms with Crippen molar-refractivity contribution in [2.45, 2.75) is 57.6 Å². The summed E-state index contributed by atoms with van der Waals surface area (Å²) in [5.41, 5.74) is -0.595. The maximum atomic E-state index is 11.7. The number of amides is 1. The second-order valence-electron chi connectivity index (χ2n) is 6.10. The van der Waals surface area contributed by atoms with Gasteiger partial charge in [0, 0.05) is 32.1 Å². The van der Waals surface area contributed by atoms with Gasteiger partial charge in [0.2, 0.25) is 5.91 Å². The molecule has 0 radical (unpaired) electrons. The van der Waals surface area contributed by atoms with Crippen LogP contribution >= 0.6 is 0 Å². The van der Waals surface area contributed by atoms with Gasteiger partial charge >= 0.3 is 0 Å². The Morgan fingerprint density at radius 3 is 2.76 bits per heavy atom. The molecule has 6 heteroatoms. The first kappa shape index (κ1) is 16.1. The third-order valence-electron chi connectivity index (χ3n) is 4.34. The third-order valence-corrected chi connectivity index (χ3v) is 4.34. The second kappa shape index (κ2) is 7.11. The minimum atomic E-state index is -0.595. The van der Waals surface area contributed by atoms with Gasteiger partial charge in [0.05, 0.1) is 12.1 Å². The summed E-state index contributed by atoms with van der Waals surface area (Å²) < 4.78 is 0. The molecule has 3 N–H and O–H groups in total. The molecule has 2 rings (SSSR count). The van der Waals surface area contributed by atoms with Crippen LogP contribution < -0.4 is 10.6 Å². The first-order chi connectivity index (χ1) is 10.1. The van der Waals surface area contributed by atoms with Crippen molar-refractivity contribution in [2.75, 3.05) is 26.2 Å². The Labute approximate surface area is 127 Å².